The molecule has 6 nitrogen and oxygen atoms in total. The van der Waals surface area contributed by atoms with Gasteiger partial charge >= 0.3 is 0 Å². The van der Waals surface area contributed by atoms with Crippen molar-refractivity contribution in [2.75, 3.05) is 6.61 Å². The number of aromatic amines is 1. The first-order chi connectivity index (χ1) is 7.22. The van der Waals surface area contributed by atoms with E-state index in [0.717, 1.165) is 0 Å². The number of hydrogen-bond donors (Lipinski definition) is 2. The Morgan fingerprint density at radius 1 is 1.73 bits per heavy atom. The first kappa shape index (κ1) is 9.88. The third-order valence-corrected chi connectivity index (χ3v) is 2.02. The SMILES string of the molecule is CCOC(O)c1cnn2ccc(=O)[nH]c12. The molecule has 0 aliphatic rings. The van der Waals surface area contributed by atoms with Crippen LogP contribution < -0.4 is 5.56 Å². The first-order valence-electron chi connectivity index (χ1n) is 4.58. The minimum Gasteiger partial charge on any atom is -0.364 e. The minimum absolute atomic E-state index is 0.243. The van der Waals surface area contributed by atoms with E-state index in [0.29, 0.717) is 17.8 Å². The first-order valence-corrected chi connectivity index (χ1v) is 4.58. The van der Waals surface area contributed by atoms with Crippen LogP contribution in [0.3, 0.4) is 0 Å². The molecule has 0 saturated carbocycles. The van der Waals surface area contributed by atoms with Gasteiger partial charge in [0.2, 0.25) is 0 Å². The average molecular weight is 209 g/mol. The van der Waals surface area contributed by atoms with E-state index < -0.39 is 6.29 Å². The van der Waals surface area contributed by atoms with Crippen LogP contribution in [-0.2, 0) is 4.74 Å². The molecule has 2 aromatic rings. The third kappa shape index (κ3) is 1.77. The molecule has 80 valence electrons. The van der Waals surface area contributed by atoms with Gasteiger partial charge in [-0.25, -0.2) is 4.52 Å². The molecule has 15 heavy (non-hydrogen) atoms. The Balaban J connectivity index is 2.52. The standard InChI is InChI=1S/C9H11N3O3/c1-2-15-9(14)6-5-10-12-4-3-7(13)11-8(6)12/h3-5,9,14H,2H2,1H3,(H,11,13). The fraction of sp³-hybridized carbons (Fsp3) is 0.333. The lowest BCUT2D eigenvalue weighted by Crippen LogP contribution is -2.09. The molecule has 2 rings (SSSR count). The lowest BCUT2D eigenvalue weighted by atomic mass is 10.3. The van der Waals surface area contributed by atoms with Gasteiger partial charge in [0.15, 0.2) is 6.29 Å². The normalized spacial score (nSPS) is 13.2. The zero-order chi connectivity index (χ0) is 10.8. The molecule has 0 spiro atoms. The van der Waals surface area contributed by atoms with Crippen molar-refractivity contribution < 1.29 is 9.84 Å². The van der Waals surface area contributed by atoms with Gasteiger partial charge in [0.05, 0.1) is 11.8 Å². The number of hydrogen-bond acceptors (Lipinski definition) is 4. The van der Waals surface area contributed by atoms with Crippen LogP contribution in [0.15, 0.2) is 23.3 Å². The summed E-state index contributed by atoms with van der Waals surface area (Å²) >= 11 is 0. The van der Waals surface area contributed by atoms with E-state index in [4.69, 9.17) is 4.74 Å². The second-order valence-electron chi connectivity index (χ2n) is 3.01. The van der Waals surface area contributed by atoms with Crippen molar-refractivity contribution in [3.63, 3.8) is 0 Å². The largest absolute Gasteiger partial charge is 0.364 e. The lowest BCUT2D eigenvalue weighted by molar-refractivity contribution is -0.0971. The molecule has 0 amide bonds. The van der Waals surface area contributed by atoms with Crippen molar-refractivity contribution in [1.29, 1.82) is 0 Å². The van der Waals surface area contributed by atoms with E-state index in [1.165, 1.54) is 23.0 Å². The molecule has 0 radical (unpaired) electrons. The van der Waals surface area contributed by atoms with Gasteiger partial charge in [-0.05, 0) is 6.92 Å². The van der Waals surface area contributed by atoms with E-state index >= 15 is 0 Å². The Morgan fingerprint density at radius 2 is 2.53 bits per heavy atom. The molecule has 0 aromatic carbocycles. The number of ether oxygens (including phenoxy) is 1. The predicted molar refractivity (Wildman–Crippen MR) is 52.4 cm³/mol. The third-order valence-electron chi connectivity index (χ3n) is 2.02. The van der Waals surface area contributed by atoms with E-state index in [1.807, 2.05) is 0 Å². The van der Waals surface area contributed by atoms with Crippen LogP contribution in [0.4, 0.5) is 0 Å². The van der Waals surface area contributed by atoms with Crippen molar-refractivity contribution in [2.45, 2.75) is 13.2 Å². The maximum atomic E-state index is 11.1. The molecule has 0 fully saturated rings. The summed E-state index contributed by atoms with van der Waals surface area (Å²) in [5.41, 5.74) is 0.658. The van der Waals surface area contributed by atoms with Gasteiger partial charge in [0, 0.05) is 18.9 Å². The summed E-state index contributed by atoms with van der Waals surface area (Å²) in [6.45, 7) is 2.16. The summed E-state index contributed by atoms with van der Waals surface area (Å²) in [5.74, 6) is 0. The van der Waals surface area contributed by atoms with Gasteiger partial charge in [0.25, 0.3) is 5.56 Å². The van der Waals surface area contributed by atoms with Crippen LogP contribution in [-0.4, -0.2) is 26.3 Å². The van der Waals surface area contributed by atoms with E-state index in [1.54, 1.807) is 6.92 Å². The van der Waals surface area contributed by atoms with Crippen LogP contribution in [0.25, 0.3) is 5.65 Å². The molecule has 1 unspecified atom stereocenters. The summed E-state index contributed by atoms with van der Waals surface area (Å²) in [4.78, 5) is 13.7. The summed E-state index contributed by atoms with van der Waals surface area (Å²) in [5, 5.41) is 13.6. The molecule has 6 heteroatoms. The van der Waals surface area contributed by atoms with Crippen molar-refractivity contribution in [1.82, 2.24) is 14.6 Å². The predicted octanol–water partition coefficient (Wildman–Crippen LogP) is 0.0500. The lowest BCUT2D eigenvalue weighted by Gasteiger charge is -2.07. The molecule has 1 atom stereocenters. The van der Waals surface area contributed by atoms with Gasteiger partial charge in [0.1, 0.15) is 5.65 Å². The molecular weight excluding hydrogens is 198 g/mol. The molecule has 0 aliphatic heterocycles. The maximum Gasteiger partial charge on any atom is 0.251 e. The Bertz CT molecular complexity index is 517. The number of nitrogens with zero attached hydrogens (tertiary/aromatic N) is 2. The number of fused-ring (bicyclic) bond motifs is 1. The van der Waals surface area contributed by atoms with E-state index in [9.17, 15) is 9.90 Å². The van der Waals surface area contributed by atoms with E-state index in [2.05, 4.69) is 10.1 Å². The van der Waals surface area contributed by atoms with Crippen molar-refractivity contribution in [3.05, 3.63) is 34.4 Å². The van der Waals surface area contributed by atoms with E-state index in [-0.39, 0.29) is 5.56 Å². The fourth-order valence-electron chi connectivity index (χ4n) is 1.34. The van der Waals surface area contributed by atoms with Crippen LogP contribution in [0.5, 0.6) is 0 Å². The van der Waals surface area contributed by atoms with Gasteiger partial charge < -0.3 is 14.8 Å². The smallest absolute Gasteiger partial charge is 0.251 e. The molecule has 2 N–H and O–H groups in total. The highest BCUT2D eigenvalue weighted by Gasteiger charge is 2.13. The summed E-state index contributed by atoms with van der Waals surface area (Å²) in [6, 6.07) is 1.36. The van der Waals surface area contributed by atoms with Gasteiger partial charge in [-0.2, -0.15) is 5.10 Å². The summed E-state index contributed by atoms with van der Waals surface area (Å²) in [6.07, 6.45) is 1.92. The van der Waals surface area contributed by atoms with Gasteiger partial charge in [-0.15, -0.1) is 0 Å². The Hall–Kier alpha value is -1.66. The number of aliphatic hydroxyl groups excluding tert-OH is 1. The monoisotopic (exact) mass is 209 g/mol. The topological polar surface area (TPSA) is 79.6 Å². The quantitative estimate of drug-likeness (QED) is 0.700. The molecule has 2 heterocycles. The maximum absolute atomic E-state index is 11.1. The zero-order valence-corrected chi connectivity index (χ0v) is 8.17. The fourth-order valence-corrected chi connectivity index (χ4v) is 1.34. The zero-order valence-electron chi connectivity index (χ0n) is 8.17. The number of aromatic nitrogens is 3. The number of H-pyrrole nitrogens is 1. The van der Waals surface area contributed by atoms with Crippen LogP contribution in [0, 0.1) is 0 Å². The Kier molecular flexibility index (Phi) is 2.53. The molecule has 0 aliphatic carbocycles. The van der Waals surface area contributed by atoms with Gasteiger partial charge in [-0.3, -0.25) is 4.79 Å². The average Bonchev–Trinajstić information content (AvgIpc) is 2.60. The highest BCUT2D eigenvalue weighted by Crippen LogP contribution is 2.16. The van der Waals surface area contributed by atoms with Crippen LogP contribution in [0.1, 0.15) is 18.8 Å². The Morgan fingerprint density at radius 3 is 3.27 bits per heavy atom. The van der Waals surface area contributed by atoms with Gasteiger partial charge in [-0.1, -0.05) is 0 Å². The molecule has 0 bridgehead atoms. The molecular formula is C9H11N3O3. The van der Waals surface area contributed by atoms with Crippen molar-refractivity contribution in [2.24, 2.45) is 0 Å². The van der Waals surface area contributed by atoms with Crippen LogP contribution >= 0.6 is 0 Å². The second kappa shape index (κ2) is 3.84. The summed E-state index contributed by atoms with van der Waals surface area (Å²) < 4.78 is 6.49. The highest BCUT2D eigenvalue weighted by atomic mass is 16.6. The van der Waals surface area contributed by atoms with Crippen molar-refractivity contribution in [3.8, 4) is 0 Å². The highest BCUT2D eigenvalue weighted by molar-refractivity contribution is 5.46. The minimum atomic E-state index is -1.06. The number of nitrogens with one attached hydrogen (secondary N) is 1. The number of rotatable bonds is 3. The number of aliphatic hydroxyl groups is 1. The van der Waals surface area contributed by atoms with Crippen LogP contribution in [0.2, 0.25) is 0 Å². The second-order valence-corrected chi connectivity index (χ2v) is 3.01. The molecule has 0 saturated heterocycles. The Labute approximate surface area is 85.1 Å². The molecule has 2 aromatic heterocycles. The van der Waals surface area contributed by atoms with Crippen molar-refractivity contribution >= 4 is 5.65 Å². The summed E-state index contributed by atoms with van der Waals surface area (Å²) in [7, 11) is 0.